The van der Waals surface area contributed by atoms with Crippen LogP contribution in [0.3, 0.4) is 0 Å². The van der Waals surface area contributed by atoms with Crippen molar-refractivity contribution in [3.8, 4) is 11.5 Å². The number of aromatic hydroxyl groups is 2. The first-order valence-corrected chi connectivity index (χ1v) is 8.32. The number of Topliss-reactive ketones (excluding diaryl/α,β-unsaturated/α-hetero) is 1. The number of carbonyl (C=O) groups excluding carboxylic acids is 1. The second-order valence-corrected chi connectivity index (χ2v) is 6.35. The molecule has 2 N–H and O–H groups in total. The average molecular weight is 350 g/mol. The highest BCUT2D eigenvalue weighted by atomic mass is 16.3. The van der Waals surface area contributed by atoms with E-state index in [9.17, 15) is 15.0 Å². The molecule has 4 aromatic rings. The summed E-state index contributed by atoms with van der Waals surface area (Å²) < 4.78 is 3.34. The molecule has 4 rings (SSSR count). The Kier molecular flexibility index (Phi) is 3.64. The van der Waals surface area contributed by atoms with E-state index < -0.39 is 12.1 Å². The van der Waals surface area contributed by atoms with Gasteiger partial charge in [-0.25, -0.2) is 9.97 Å². The zero-order valence-electron chi connectivity index (χ0n) is 14.4. The van der Waals surface area contributed by atoms with E-state index in [1.54, 1.807) is 59.6 Å². The van der Waals surface area contributed by atoms with E-state index in [0.717, 1.165) is 0 Å². The van der Waals surface area contributed by atoms with Gasteiger partial charge in [-0.3, -0.25) is 4.79 Å². The van der Waals surface area contributed by atoms with Gasteiger partial charge in [-0.2, -0.15) is 0 Å². The molecule has 4 heterocycles. The molecule has 0 saturated carbocycles. The van der Waals surface area contributed by atoms with Crippen molar-refractivity contribution in [2.75, 3.05) is 0 Å². The molecule has 2 unspecified atom stereocenters. The first kappa shape index (κ1) is 16.1. The maximum absolute atomic E-state index is 13.1. The van der Waals surface area contributed by atoms with Crippen molar-refractivity contribution in [1.82, 2.24) is 19.1 Å². The Hall–Kier alpha value is -3.35. The highest BCUT2D eigenvalue weighted by molar-refractivity contribution is 5.92. The number of ketones is 1. The number of fused-ring (bicyclic) bond motifs is 2. The van der Waals surface area contributed by atoms with Crippen LogP contribution in [0.1, 0.15) is 25.9 Å². The molecule has 0 fully saturated rings. The van der Waals surface area contributed by atoms with Gasteiger partial charge < -0.3 is 19.3 Å². The van der Waals surface area contributed by atoms with Crippen LogP contribution in [0.5, 0.6) is 11.5 Å². The third-order valence-corrected chi connectivity index (χ3v) is 4.80. The molecule has 0 spiro atoms. The molecule has 4 aromatic heterocycles. The molecule has 26 heavy (non-hydrogen) atoms. The first-order valence-electron chi connectivity index (χ1n) is 8.32. The summed E-state index contributed by atoms with van der Waals surface area (Å²) in [5.74, 6) is 0.0902. The summed E-state index contributed by atoms with van der Waals surface area (Å²) in [5.41, 5.74) is 1.10. The Morgan fingerprint density at radius 3 is 1.73 bits per heavy atom. The van der Waals surface area contributed by atoms with E-state index in [1.165, 1.54) is 12.4 Å². The van der Waals surface area contributed by atoms with E-state index in [4.69, 9.17) is 0 Å². The lowest BCUT2D eigenvalue weighted by Gasteiger charge is -2.19. The molecule has 0 aliphatic rings. The lowest BCUT2D eigenvalue weighted by molar-refractivity contribution is -0.124. The number of hydrogen-bond acceptors (Lipinski definition) is 5. The summed E-state index contributed by atoms with van der Waals surface area (Å²) in [6.07, 6.45) is 6.30. The van der Waals surface area contributed by atoms with E-state index in [-0.39, 0.29) is 17.3 Å². The number of rotatable bonds is 4. The van der Waals surface area contributed by atoms with Crippen molar-refractivity contribution < 1.29 is 15.0 Å². The number of carbonyl (C=O) groups is 1. The SMILES string of the molecule is CC(C(=O)C(C)n1cc(O)c2cccnc21)n1cc(O)c2cccnc21. The summed E-state index contributed by atoms with van der Waals surface area (Å²) in [5, 5.41) is 21.4. The van der Waals surface area contributed by atoms with Crippen molar-refractivity contribution in [2.45, 2.75) is 25.9 Å². The molecule has 0 aromatic carbocycles. The van der Waals surface area contributed by atoms with Crippen LogP contribution in [-0.2, 0) is 4.79 Å². The van der Waals surface area contributed by atoms with Gasteiger partial charge in [0, 0.05) is 24.8 Å². The van der Waals surface area contributed by atoms with Crippen LogP contribution < -0.4 is 0 Å². The lowest BCUT2D eigenvalue weighted by atomic mass is 10.1. The third-order valence-electron chi connectivity index (χ3n) is 4.80. The largest absolute Gasteiger partial charge is 0.506 e. The zero-order chi connectivity index (χ0) is 18.4. The molecular weight excluding hydrogens is 332 g/mol. The minimum atomic E-state index is -0.549. The lowest BCUT2D eigenvalue weighted by Crippen LogP contribution is -2.24. The summed E-state index contributed by atoms with van der Waals surface area (Å²) in [6, 6.07) is 5.90. The minimum Gasteiger partial charge on any atom is -0.506 e. The van der Waals surface area contributed by atoms with Crippen molar-refractivity contribution in [2.24, 2.45) is 0 Å². The van der Waals surface area contributed by atoms with Crippen LogP contribution in [0.4, 0.5) is 0 Å². The van der Waals surface area contributed by atoms with Gasteiger partial charge in [-0.15, -0.1) is 0 Å². The first-order chi connectivity index (χ1) is 12.5. The fourth-order valence-corrected chi connectivity index (χ4v) is 3.34. The second-order valence-electron chi connectivity index (χ2n) is 6.35. The van der Waals surface area contributed by atoms with Gasteiger partial charge in [0.1, 0.15) is 22.8 Å². The number of hydrogen-bond donors (Lipinski definition) is 2. The smallest absolute Gasteiger partial charge is 0.177 e. The van der Waals surface area contributed by atoms with Crippen LogP contribution >= 0.6 is 0 Å². The molecule has 0 amide bonds. The highest BCUT2D eigenvalue weighted by Crippen LogP contribution is 2.32. The monoisotopic (exact) mass is 350 g/mol. The molecule has 132 valence electrons. The molecule has 0 radical (unpaired) electrons. The fourth-order valence-electron chi connectivity index (χ4n) is 3.34. The summed E-state index contributed by atoms with van der Waals surface area (Å²) >= 11 is 0. The highest BCUT2D eigenvalue weighted by Gasteiger charge is 2.26. The Morgan fingerprint density at radius 2 is 1.31 bits per heavy atom. The predicted octanol–water partition coefficient (Wildman–Crippen LogP) is 3.19. The topological polar surface area (TPSA) is 93.2 Å². The van der Waals surface area contributed by atoms with E-state index in [1.807, 2.05) is 0 Å². The minimum absolute atomic E-state index is 0.0879. The molecule has 0 saturated heterocycles. The molecule has 7 nitrogen and oxygen atoms in total. The number of aromatic nitrogens is 4. The van der Waals surface area contributed by atoms with Crippen molar-refractivity contribution in [3.63, 3.8) is 0 Å². The van der Waals surface area contributed by atoms with Gasteiger partial charge in [-0.1, -0.05) is 0 Å². The van der Waals surface area contributed by atoms with Gasteiger partial charge >= 0.3 is 0 Å². The van der Waals surface area contributed by atoms with E-state index in [2.05, 4.69) is 9.97 Å². The summed E-state index contributed by atoms with van der Waals surface area (Å²) in [6.45, 7) is 3.54. The Labute approximate surface area is 149 Å². The number of nitrogens with zero attached hydrogens (tertiary/aromatic N) is 4. The zero-order valence-corrected chi connectivity index (χ0v) is 14.4. The van der Waals surface area contributed by atoms with Crippen molar-refractivity contribution >= 4 is 27.9 Å². The molecule has 0 aliphatic carbocycles. The summed E-state index contributed by atoms with van der Waals surface area (Å²) in [4.78, 5) is 21.7. The molecule has 7 heteroatoms. The molecule has 0 bridgehead atoms. The van der Waals surface area contributed by atoms with Crippen LogP contribution in [-0.4, -0.2) is 35.1 Å². The van der Waals surface area contributed by atoms with Gasteiger partial charge in [0.2, 0.25) is 0 Å². The van der Waals surface area contributed by atoms with Crippen LogP contribution in [0, 0.1) is 0 Å². The maximum Gasteiger partial charge on any atom is 0.177 e. The van der Waals surface area contributed by atoms with Gasteiger partial charge in [-0.05, 0) is 38.1 Å². The summed E-state index contributed by atoms with van der Waals surface area (Å²) in [7, 11) is 0. The fraction of sp³-hybridized carbons (Fsp3) is 0.211. The van der Waals surface area contributed by atoms with Gasteiger partial charge in [0.05, 0.1) is 22.9 Å². The third kappa shape index (κ3) is 2.32. The standard InChI is InChI=1S/C19H18N4O3/c1-11(22-9-15(24)13-5-3-7-20-18(13)22)17(26)12(2)23-10-16(25)14-6-4-8-21-19(14)23/h3-12,24-25H,1-2H3. The molecular formula is C19H18N4O3. The Morgan fingerprint density at radius 1 is 0.885 bits per heavy atom. The molecule has 2 atom stereocenters. The average Bonchev–Trinajstić information content (AvgIpc) is 3.18. The quantitative estimate of drug-likeness (QED) is 0.589. The normalized spacial score (nSPS) is 13.9. The maximum atomic E-state index is 13.1. The van der Waals surface area contributed by atoms with Gasteiger partial charge in [0.15, 0.2) is 5.78 Å². The van der Waals surface area contributed by atoms with Gasteiger partial charge in [0.25, 0.3) is 0 Å². The van der Waals surface area contributed by atoms with Crippen molar-refractivity contribution in [1.29, 1.82) is 0 Å². The second kappa shape index (κ2) is 5.87. The van der Waals surface area contributed by atoms with Crippen LogP contribution in [0.25, 0.3) is 22.1 Å². The van der Waals surface area contributed by atoms with Crippen molar-refractivity contribution in [3.05, 3.63) is 49.1 Å². The van der Waals surface area contributed by atoms with Crippen LogP contribution in [0.2, 0.25) is 0 Å². The van der Waals surface area contributed by atoms with E-state index >= 15 is 0 Å². The van der Waals surface area contributed by atoms with E-state index in [0.29, 0.717) is 22.1 Å². The Bertz CT molecular complexity index is 1040. The van der Waals surface area contributed by atoms with Crippen LogP contribution in [0.15, 0.2) is 49.1 Å². The Balaban J connectivity index is 1.74. The molecule has 0 aliphatic heterocycles. The number of pyridine rings is 2. The predicted molar refractivity (Wildman–Crippen MR) is 97.2 cm³/mol.